The van der Waals surface area contributed by atoms with Crippen molar-refractivity contribution in [2.45, 2.75) is 110 Å². The van der Waals surface area contributed by atoms with Crippen LogP contribution in [0.5, 0.6) is 0 Å². The average molecular weight is 669 g/mol. The Morgan fingerprint density at radius 1 is 0.894 bits per heavy atom. The summed E-state index contributed by atoms with van der Waals surface area (Å²) in [4.78, 5) is 24.0. The summed E-state index contributed by atoms with van der Waals surface area (Å²) in [5.74, 6) is 0.230. The van der Waals surface area contributed by atoms with E-state index in [4.69, 9.17) is 9.72 Å². The molecule has 254 valence electrons. The van der Waals surface area contributed by atoms with E-state index < -0.39 is 37.3 Å². The van der Waals surface area contributed by atoms with Crippen molar-refractivity contribution in [3.05, 3.63) is 89.4 Å². The van der Waals surface area contributed by atoms with Gasteiger partial charge in [-0.05, 0) is 80.2 Å². The first-order chi connectivity index (χ1) is 21.7. The fourth-order valence-corrected chi connectivity index (χ4v) is 13.7. The summed E-state index contributed by atoms with van der Waals surface area (Å²) >= 11 is 0. The third kappa shape index (κ3) is 7.11. The number of halogens is 3. The Balaban J connectivity index is 1.77. The lowest BCUT2D eigenvalue weighted by molar-refractivity contribution is -0.137. The van der Waals surface area contributed by atoms with Crippen LogP contribution in [0, 0.1) is 0 Å². The third-order valence-electron chi connectivity index (χ3n) is 9.10. The summed E-state index contributed by atoms with van der Waals surface area (Å²) < 4.78 is 47.5. The molecule has 1 aromatic carbocycles. The van der Waals surface area contributed by atoms with Crippen molar-refractivity contribution in [1.82, 2.24) is 14.2 Å². The van der Waals surface area contributed by atoms with Crippen LogP contribution in [0.25, 0.3) is 11.0 Å². The van der Waals surface area contributed by atoms with Crippen LogP contribution in [0.3, 0.4) is 0 Å². The fourth-order valence-electron chi connectivity index (χ4n) is 7.10. The summed E-state index contributed by atoms with van der Waals surface area (Å²) in [6, 6.07) is 11.8. The van der Waals surface area contributed by atoms with E-state index in [0.717, 1.165) is 23.2 Å². The SMILES string of the molecule is CC(C)[Si](C(C)C)(C(C)C)n1cc(C(C)(O)c2ccc(N(Cc3ccc(C(F)(F)F)cc3)C(=O)OC(C)(C)C)nc2)c2cccnc21. The van der Waals surface area contributed by atoms with Crippen molar-refractivity contribution in [3.8, 4) is 0 Å². The molecule has 0 spiro atoms. The molecule has 11 heteroatoms. The molecule has 0 saturated carbocycles. The second kappa shape index (κ2) is 13.1. The van der Waals surface area contributed by atoms with E-state index in [0.29, 0.717) is 33.3 Å². The zero-order valence-corrected chi connectivity index (χ0v) is 30.0. The predicted molar refractivity (Wildman–Crippen MR) is 183 cm³/mol. The topological polar surface area (TPSA) is 80.5 Å². The molecule has 4 aromatic rings. The molecule has 47 heavy (non-hydrogen) atoms. The molecule has 0 saturated heterocycles. The number of pyridine rings is 2. The number of fused-ring (bicyclic) bond motifs is 1. The van der Waals surface area contributed by atoms with Crippen molar-refractivity contribution >= 4 is 31.2 Å². The monoisotopic (exact) mass is 668 g/mol. The standard InChI is InChI=1S/C36H47F3N4O3Si/c1-23(2)47(24(3)4,25(5)6)43-22-30(29-12-11-19-40-32(29)43)35(10,45)28-17-18-31(41-20-28)42(33(44)46-34(7,8)9)21-26-13-15-27(16-14-26)36(37,38)39/h11-20,22-25,45H,21H2,1-10H3. The molecule has 0 radical (unpaired) electrons. The highest BCUT2D eigenvalue weighted by molar-refractivity contribution is 6.82. The van der Waals surface area contributed by atoms with Gasteiger partial charge in [0.2, 0.25) is 0 Å². The van der Waals surface area contributed by atoms with Crippen LogP contribution in [0.15, 0.2) is 67.1 Å². The van der Waals surface area contributed by atoms with Crippen molar-refractivity contribution in [2.75, 3.05) is 4.90 Å². The highest BCUT2D eigenvalue weighted by atomic mass is 28.3. The number of hydrogen-bond donors (Lipinski definition) is 1. The first-order valence-corrected chi connectivity index (χ1v) is 18.2. The van der Waals surface area contributed by atoms with E-state index >= 15 is 0 Å². The smallest absolute Gasteiger partial charge is 0.416 e. The molecule has 7 nitrogen and oxygen atoms in total. The van der Waals surface area contributed by atoms with Gasteiger partial charge in [-0.3, -0.25) is 4.90 Å². The minimum atomic E-state index is -4.47. The molecule has 1 amide bonds. The molecular weight excluding hydrogens is 622 g/mol. The van der Waals surface area contributed by atoms with Gasteiger partial charge in [0.05, 0.1) is 12.1 Å². The number of hydrogen-bond acceptors (Lipinski definition) is 5. The number of amides is 1. The van der Waals surface area contributed by atoms with E-state index in [-0.39, 0.29) is 12.4 Å². The summed E-state index contributed by atoms with van der Waals surface area (Å²) in [5, 5.41) is 13.1. The maximum Gasteiger partial charge on any atom is 0.416 e. The third-order valence-corrected chi connectivity index (χ3v) is 15.8. The van der Waals surface area contributed by atoms with Gasteiger partial charge in [0.1, 0.15) is 22.7 Å². The molecule has 3 aromatic heterocycles. The highest BCUT2D eigenvalue weighted by Gasteiger charge is 2.47. The minimum Gasteiger partial charge on any atom is -0.443 e. The van der Waals surface area contributed by atoms with Crippen molar-refractivity contribution in [3.63, 3.8) is 0 Å². The van der Waals surface area contributed by atoms with Crippen LogP contribution in [0.4, 0.5) is 23.8 Å². The molecule has 0 aliphatic heterocycles. The number of aliphatic hydroxyl groups is 1. The van der Waals surface area contributed by atoms with Crippen LogP contribution in [0.1, 0.15) is 91.5 Å². The normalized spacial score (nSPS) is 14.2. The van der Waals surface area contributed by atoms with E-state index in [1.165, 1.54) is 23.2 Å². The van der Waals surface area contributed by atoms with Gasteiger partial charge >= 0.3 is 12.3 Å². The molecule has 1 atom stereocenters. The lowest BCUT2D eigenvalue weighted by Crippen LogP contribution is -2.51. The number of ether oxygens (including phenoxy) is 1. The Labute approximate surface area is 276 Å². The molecule has 1 unspecified atom stereocenters. The second-order valence-electron chi connectivity index (χ2n) is 14.4. The molecule has 0 bridgehead atoms. The van der Waals surface area contributed by atoms with Crippen molar-refractivity contribution < 1.29 is 27.8 Å². The van der Waals surface area contributed by atoms with Gasteiger partial charge in [0.15, 0.2) is 8.24 Å². The number of anilines is 1. The molecule has 0 aliphatic rings. The summed E-state index contributed by atoms with van der Waals surface area (Å²) in [6.45, 7) is 20.5. The highest BCUT2D eigenvalue weighted by Crippen LogP contribution is 2.46. The van der Waals surface area contributed by atoms with Crippen LogP contribution in [-0.2, 0) is 23.1 Å². The van der Waals surface area contributed by atoms with Crippen molar-refractivity contribution in [2.24, 2.45) is 0 Å². The van der Waals surface area contributed by atoms with Gasteiger partial charge in [0, 0.05) is 35.1 Å². The zero-order valence-electron chi connectivity index (χ0n) is 29.0. The number of alkyl halides is 3. The summed E-state index contributed by atoms with van der Waals surface area (Å²) in [5.41, 5.74) is 0.692. The number of benzene rings is 1. The molecule has 4 rings (SSSR count). The molecule has 3 heterocycles. The second-order valence-corrected chi connectivity index (χ2v) is 20.1. The Bertz CT molecular complexity index is 1670. The Morgan fingerprint density at radius 3 is 1.96 bits per heavy atom. The van der Waals surface area contributed by atoms with E-state index in [2.05, 4.69) is 57.0 Å². The predicted octanol–water partition coefficient (Wildman–Crippen LogP) is 9.67. The van der Waals surface area contributed by atoms with E-state index in [1.807, 2.05) is 12.1 Å². The minimum absolute atomic E-state index is 0.0682. The van der Waals surface area contributed by atoms with Gasteiger partial charge < -0.3 is 14.1 Å². The van der Waals surface area contributed by atoms with Crippen LogP contribution >= 0.6 is 0 Å². The van der Waals surface area contributed by atoms with Crippen LogP contribution in [0.2, 0.25) is 16.6 Å². The quantitative estimate of drug-likeness (QED) is 0.180. The van der Waals surface area contributed by atoms with Gasteiger partial charge in [-0.25, -0.2) is 14.8 Å². The van der Waals surface area contributed by atoms with Gasteiger partial charge in [-0.2, -0.15) is 13.2 Å². The first-order valence-electron chi connectivity index (χ1n) is 16.0. The van der Waals surface area contributed by atoms with E-state index in [1.54, 1.807) is 46.0 Å². The maximum atomic E-state index is 13.3. The average Bonchev–Trinajstić information content (AvgIpc) is 3.35. The Hall–Kier alpha value is -3.70. The van der Waals surface area contributed by atoms with Gasteiger partial charge in [0.25, 0.3) is 0 Å². The number of nitrogens with zero attached hydrogens (tertiary/aromatic N) is 4. The molecule has 1 N–H and O–H groups in total. The van der Waals surface area contributed by atoms with Crippen LogP contribution in [-0.4, -0.2) is 39.2 Å². The van der Waals surface area contributed by atoms with Crippen molar-refractivity contribution in [1.29, 1.82) is 0 Å². The first kappa shape index (κ1) is 36.1. The molecule has 0 aliphatic carbocycles. The fraction of sp³-hybridized carbons (Fsp3) is 0.472. The molecular formula is C36H47F3N4O3Si. The number of carbonyl (C=O) groups is 1. The van der Waals surface area contributed by atoms with E-state index in [9.17, 15) is 23.1 Å². The summed E-state index contributed by atoms with van der Waals surface area (Å²) in [6.07, 6.45) is 0.223. The number of carbonyl (C=O) groups excluding carboxylic acids is 1. The van der Waals surface area contributed by atoms with Crippen LogP contribution < -0.4 is 4.90 Å². The largest absolute Gasteiger partial charge is 0.443 e. The Kier molecular flexibility index (Phi) is 10.0. The van der Waals surface area contributed by atoms with Gasteiger partial charge in [-0.1, -0.05) is 59.7 Å². The maximum absolute atomic E-state index is 13.3. The lowest BCUT2D eigenvalue weighted by atomic mass is 9.89. The lowest BCUT2D eigenvalue weighted by Gasteiger charge is -2.44. The zero-order chi connectivity index (χ0) is 35.1. The summed E-state index contributed by atoms with van der Waals surface area (Å²) in [7, 11) is -2.23. The molecule has 0 fully saturated rings. The van der Waals surface area contributed by atoms with Gasteiger partial charge in [-0.15, -0.1) is 0 Å². The Morgan fingerprint density at radius 2 is 1.47 bits per heavy atom. The number of rotatable bonds is 9. The number of aromatic nitrogens is 3.